The summed E-state index contributed by atoms with van der Waals surface area (Å²) in [4.78, 5) is 13.2. The molecular weight excluding hydrogens is 280 g/mol. The van der Waals surface area contributed by atoms with Crippen LogP contribution in [0.5, 0.6) is 0 Å². The fourth-order valence-corrected chi connectivity index (χ4v) is 3.57. The Kier molecular flexibility index (Phi) is 7.29. The summed E-state index contributed by atoms with van der Waals surface area (Å²) in [6, 6.07) is 0.289. The summed E-state index contributed by atoms with van der Waals surface area (Å²) < 4.78 is 28.1. The number of piperidine rings is 1. The molecule has 1 N–H and O–H groups in total. The first-order chi connectivity index (χ1) is 9.48. The molecule has 0 aromatic heterocycles. The Morgan fingerprint density at radius 1 is 1.25 bits per heavy atom. The van der Waals surface area contributed by atoms with Crippen molar-refractivity contribution >= 4 is 15.9 Å². The molecule has 0 saturated carbocycles. The highest BCUT2D eigenvalue weighted by molar-refractivity contribution is 7.91. The number of rotatable bonds is 7. The molecule has 1 saturated heterocycles. The van der Waals surface area contributed by atoms with Crippen LogP contribution in [0.4, 0.5) is 4.79 Å². The van der Waals surface area contributed by atoms with Gasteiger partial charge in [0.25, 0.3) is 0 Å². The van der Waals surface area contributed by atoms with Crippen LogP contribution < -0.4 is 5.32 Å². The lowest BCUT2D eigenvalue weighted by atomic mass is 10.1. The number of hydrogen-bond donors (Lipinski definition) is 1. The third-order valence-electron chi connectivity index (χ3n) is 3.38. The van der Waals surface area contributed by atoms with E-state index in [2.05, 4.69) is 5.32 Å². The van der Waals surface area contributed by atoms with Gasteiger partial charge in [0.15, 0.2) is 9.84 Å². The maximum absolute atomic E-state index is 11.6. The van der Waals surface area contributed by atoms with Crippen LogP contribution in [0.2, 0.25) is 0 Å². The molecule has 0 spiro atoms. The van der Waals surface area contributed by atoms with Crippen LogP contribution in [-0.2, 0) is 14.6 Å². The van der Waals surface area contributed by atoms with E-state index in [-0.39, 0.29) is 23.6 Å². The first-order valence-electron chi connectivity index (χ1n) is 7.34. The van der Waals surface area contributed by atoms with Crippen molar-refractivity contribution in [3.05, 3.63) is 0 Å². The molecule has 0 atom stereocenters. The largest absolute Gasteiger partial charge is 0.450 e. The Hall–Kier alpha value is -0.820. The van der Waals surface area contributed by atoms with E-state index in [0.717, 1.165) is 12.8 Å². The topological polar surface area (TPSA) is 75.7 Å². The van der Waals surface area contributed by atoms with Gasteiger partial charge in [0.2, 0.25) is 0 Å². The Balaban J connectivity index is 2.21. The summed E-state index contributed by atoms with van der Waals surface area (Å²) in [6.07, 6.45) is 2.09. The van der Waals surface area contributed by atoms with Crippen molar-refractivity contribution in [1.29, 1.82) is 0 Å². The maximum Gasteiger partial charge on any atom is 0.409 e. The van der Waals surface area contributed by atoms with E-state index >= 15 is 0 Å². The molecule has 1 rings (SSSR count). The second-order valence-electron chi connectivity index (χ2n) is 5.07. The van der Waals surface area contributed by atoms with E-state index in [4.69, 9.17) is 4.74 Å². The molecule has 0 unspecified atom stereocenters. The first kappa shape index (κ1) is 17.2. The Morgan fingerprint density at radius 3 is 2.45 bits per heavy atom. The molecule has 1 heterocycles. The predicted octanol–water partition coefficient (Wildman–Crippen LogP) is 1.02. The lowest BCUT2D eigenvalue weighted by Crippen LogP contribution is -2.46. The van der Waals surface area contributed by atoms with Gasteiger partial charge in [-0.15, -0.1) is 0 Å². The number of ether oxygens (including phenoxy) is 1. The van der Waals surface area contributed by atoms with Crippen LogP contribution in [0.25, 0.3) is 0 Å². The van der Waals surface area contributed by atoms with E-state index in [1.54, 1.807) is 11.8 Å². The molecule has 1 aliphatic rings. The van der Waals surface area contributed by atoms with Gasteiger partial charge in [0, 0.05) is 31.4 Å². The lowest BCUT2D eigenvalue weighted by molar-refractivity contribution is 0.0953. The zero-order chi connectivity index (χ0) is 15.0. The second kappa shape index (κ2) is 8.46. The predicted molar refractivity (Wildman–Crippen MR) is 78.6 cm³/mol. The van der Waals surface area contributed by atoms with Crippen molar-refractivity contribution < 1.29 is 17.9 Å². The SMILES string of the molecule is CCCS(=O)(=O)CCNC1CCN(C(=O)OCC)CC1. The summed E-state index contributed by atoms with van der Waals surface area (Å²) in [5, 5.41) is 3.27. The van der Waals surface area contributed by atoms with Crippen LogP contribution in [0.3, 0.4) is 0 Å². The van der Waals surface area contributed by atoms with E-state index in [1.165, 1.54) is 0 Å². The van der Waals surface area contributed by atoms with Crippen molar-refractivity contribution in [2.75, 3.05) is 37.7 Å². The molecule has 0 aromatic rings. The van der Waals surface area contributed by atoms with Crippen LogP contribution in [-0.4, -0.2) is 63.2 Å². The summed E-state index contributed by atoms with van der Waals surface area (Å²) in [5.41, 5.74) is 0. The third-order valence-corrected chi connectivity index (χ3v) is 5.24. The monoisotopic (exact) mass is 306 g/mol. The van der Waals surface area contributed by atoms with Gasteiger partial charge in [-0.3, -0.25) is 0 Å². The minimum absolute atomic E-state index is 0.193. The minimum Gasteiger partial charge on any atom is -0.450 e. The molecule has 1 fully saturated rings. The highest BCUT2D eigenvalue weighted by Crippen LogP contribution is 2.11. The first-order valence-corrected chi connectivity index (χ1v) is 9.16. The summed E-state index contributed by atoms with van der Waals surface area (Å²) in [6.45, 7) is 5.88. The fraction of sp³-hybridized carbons (Fsp3) is 0.923. The van der Waals surface area contributed by atoms with Crippen molar-refractivity contribution in [2.45, 2.75) is 39.2 Å². The summed E-state index contributed by atoms with van der Waals surface area (Å²) in [5.74, 6) is 0.453. The minimum atomic E-state index is -2.91. The number of hydrogen-bond acceptors (Lipinski definition) is 5. The summed E-state index contributed by atoms with van der Waals surface area (Å²) >= 11 is 0. The summed E-state index contributed by atoms with van der Waals surface area (Å²) in [7, 11) is -2.91. The van der Waals surface area contributed by atoms with E-state index in [0.29, 0.717) is 32.7 Å². The quantitative estimate of drug-likeness (QED) is 0.760. The maximum atomic E-state index is 11.6. The fourth-order valence-electron chi connectivity index (χ4n) is 2.31. The standard InChI is InChI=1S/C13H26N2O4S/c1-3-10-20(17,18)11-7-14-12-5-8-15(9-6-12)13(16)19-4-2/h12,14H,3-11H2,1-2H3. The number of carbonyl (C=O) groups excluding carboxylic acids is 1. The van der Waals surface area contributed by atoms with Crippen molar-refractivity contribution in [3.63, 3.8) is 0 Å². The van der Waals surface area contributed by atoms with Crippen LogP contribution in [0.1, 0.15) is 33.1 Å². The molecule has 118 valence electrons. The average molecular weight is 306 g/mol. The molecule has 0 aromatic carbocycles. The lowest BCUT2D eigenvalue weighted by Gasteiger charge is -2.31. The van der Waals surface area contributed by atoms with Gasteiger partial charge in [-0.1, -0.05) is 6.92 Å². The smallest absolute Gasteiger partial charge is 0.409 e. The Bertz CT molecular complexity index is 389. The molecule has 0 bridgehead atoms. The van der Waals surface area contributed by atoms with Gasteiger partial charge in [-0.05, 0) is 26.2 Å². The van der Waals surface area contributed by atoms with Gasteiger partial charge in [-0.25, -0.2) is 13.2 Å². The van der Waals surface area contributed by atoms with Gasteiger partial charge in [0.1, 0.15) is 0 Å². The molecule has 0 radical (unpaired) electrons. The Labute approximate surface area is 121 Å². The van der Waals surface area contributed by atoms with Crippen LogP contribution >= 0.6 is 0 Å². The van der Waals surface area contributed by atoms with E-state index in [9.17, 15) is 13.2 Å². The van der Waals surface area contributed by atoms with E-state index in [1.807, 2.05) is 6.92 Å². The average Bonchev–Trinajstić information content (AvgIpc) is 2.39. The van der Waals surface area contributed by atoms with Crippen molar-refractivity contribution in [1.82, 2.24) is 10.2 Å². The number of nitrogens with one attached hydrogen (secondary N) is 1. The number of carbonyl (C=O) groups is 1. The highest BCUT2D eigenvalue weighted by Gasteiger charge is 2.23. The van der Waals surface area contributed by atoms with Gasteiger partial charge < -0.3 is 15.0 Å². The Morgan fingerprint density at radius 2 is 1.90 bits per heavy atom. The number of nitrogens with zero attached hydrogens (tertiary/aromatic N) is 1. The van der Waals surface area contributed by atoms with Gasteiger partial charge in [0.05, 0.1) is 12.4 Å². The van der Waals surface area contributed by atoms with Gasteiger partial charge >= 0.3 is 6.09 Å². The van der Waals surface area contributed by atoms with Crippen LogP contribution in [0, 0.1) is 0 Å². The number of likely N-dealkylation sites (tertiary alicyclic amines) is 1. The third kappa shape index (κ3) is 6.09. The molecule has 6 nitrogen and oxygen atoms in total. The van der Waals surface area contributed by atoms with Crippen LogP contribution in [0.15, 0.2) is 0 Å². The molecule has 20 heavy (non-hydrogen) atoms. The molecule has 7 heteroatoms. The number of amides is 1. The number of sulfone groups is 1. The van der Waals surface area contributed by atoms with E-state index < -0.39 is 9.84 Å². The van der Waals surface area contributed by atoms with Gasteiger partial charge in [-0.2, -0.15) is 0 Å². The van der Waals surface area contributed by atoms with Crippen molar-refractivity contribution in [2.24, 2.45) is 0 Å². The normalized spacial score (nSPS) is 17.2. The second-order valence-corrected chi connectivity index (χ2v) is 7.37. The molecule has 1 amide bonds. The highest BCUT2D eigenvalue weighted by atomic mass is 32.2. The molecule has 0 aliphatic carbocycles. The zero-order valence-corrected chi connectivity index (χ0v) is 13.2. The molecular formula is C13H26N2O4S. The molecule has 1 aliphatic heterocycles. The zero-order valence-electron chi connectivity index (χ0n) is 12.4. The van der Waals surface area contributed by atoms with Crippen molar-refractivity contribution in [3.8, 4) is 0 Å².